The third kappa shape index (κ3) is 3.91. The van der Waals surface area contributed by atoms with E-state index in [0.717, 1.165) is 5.69 Å². The van der Waals surface area contributed by atoms with Crippen LogP contribution in [0.4, 0.5) is 5.69 Å². The number of carbonyl (C=O) groups is 1. The molecular weight excluding hydrogens is 242 g/mol. The molecule has 1 aromatic rings. The molecule has 0 heterocycles. The Bertz CT molecular complexity index is 418. The van der Waals surface area contributed by atoms with Crippen molar-refractivity contribution in [3.8, 4) is 0 Å². The van der Waals surface area contributed by atoms with Crippen LogP contribution in [0, 0.1) is 0 Å². The Morgan fingerprint density at radius 1 is 1.53 bits per heavy atom. The standard InChI is InChI=1S/C12H16ClNO3/c1-12(2,17-3)7-14-8-4-5-9(11(15)16)10(13)6-8/h4-6,14H,7H2,1-3H3,(H,15,16). The molecule has 0 radical (unpaired) electrons. The fraction of sp³-hybridized carbons (Fsp3) is 0.417. The van der Waals surface area contributed by atoms with Gasteiger partial charge in [-0.3, -0.25) is 0 Å². The summed E-state index contributed by atoms with van der Waals surface area (Å²) in [5, 5.41) is 12.2. The molecular formula is C12H16ClNO3. The van der Waals surface area contributed by atoms with Crippen molar-refractivity contribution in [2.24, 2.45) is 0 Å². The SMILES string of the molecule is COC(C)(C)CNc1ccc(C(=O)O)c(Cl)c1. The number of anilines is 1. The summed E-state index contributed by atoms with van der Waals surface area (Å²) in [4.78, 5) is 10.8. The zero-order valence-corrected chi connectivity index (χ0v) is 10.8. The summed E-state index contributed by atoms with van der Waals surface area (Å²) >= 11 is 5.86. The molecule has 0 aliphatic heterocycles. The quantitative estimate of drug-likeness (QED) is 0.852. The van der Waals surface area contributed by atoms with Gasteiger partial charge in [0.25, 0.3) is 0 Å². The Balaban J connectivity index is 2.75. The largest absolute Gasteiger partial charge is 0.478 e. The molecule has 5 heteroatoms. The maximum absolute atomic E-state index is 10.8. The summed E-state index contributed by atoms with van der Waals surface area (Å²) in [6, 6.07) is 4.75. The van der Waals surface area contributed by atoms with Gasteiger partial charge < -0.3 is 15.2 Å². The predicted octanol–water partition coefficient (Wildman–Crippen LogP) is 2.88. The van der Waals surface area contributed by atoms with E-state index in [9.17, 15) is 4.79 Å². The van der Waals surface area contributed by atoms with Crippen molar-refractivity contribution in [2.75, 3.05) is 19.0 Å². The van der Waals surface area contributed by atoms with Crippen LogP contribution < -0.4 is 5.32 Å². The van der Waals surface area contributed by atoms with Gasteiger partial charge in [-0.1, -0.05) is 11.6 Å². The van der Waals surface area contributed by atoms with Crippen molar-refractivity contribution in [3.05, 3.63) is 28.8 Å². The maximum atomic E-state index is 10.8. The van der Waals surface area contributed by atoms with Gasteiger partial charge in [0.05, 0.1) is 16.2 Å². The van der Waals surface area contributed by atoms with E-state index in [2.05, 4.69) is 5.32 Å². The molecule has 94 valence electrons. The van der Waals surface area contributed by atoms with E-state index in [1.54, 1.807) is 19.2 Å². The molecule has 17 heavy (non-hydrogen) atoms. The van der Waals surface area contributed by atoms with Gasteiger partial charge in [-0.2, -0.15) is 0 Å². The first-order valence-corrected chi connectivity index (χ1v) is 5.55. The summed E-state index contributed by atoms with van der Waals surface area (Å²) in [6.07, 6.45) is 0. The van der Waals surface area contributed by atoms with Crippen molar-refractivity contribution >= 4 is 23.3 Å². The Kier molecular flexibility index (Phi) is 4.37. The van der Waals surface area contributed by atoms with Crippen molar-refractivity contribution in [1.29, 1.82) is 0 Å². The molecule has 0 atom stereocenters. The molecule has 0 amide bonds. The Labute approximate surface area is 106 Å². The van der Waals surface area contributed by atoms with Crippen LogP contribution in [0.25, 0.3) is 0 Å². The lowest BCUT2D eigenvalue weighted by atomic mass is 10.1. The highest BCUT2D eigenvalue weighted by molar-refractivity contribution is 6.33. The number of ether oxygens (including phenoxy) is 1. The second-order valence-corrected chi connectivity index (χ2v) is 4.72. The maximum Gasteiger partial charge on any atom is 0.337 e. The molecule has 0 unspecified atom stereocenters. The number of carboxylic acids is 1. The van der Waals surface area contributed by atoms with E-state index in [1.807, 2.05) is 13.8 Å². The van der Waals surface area contributed by atoms with Gasteiger partial charge in [-0.15, -0.1) is 0 Å². The van der Waals surface area contributed by atoms with Crippen molar-refractivity contribution in [2.45, 2.75) is 19.4 Å². The molecule has 0 bridgehead atoms. The molecule has 2 N–H and O–H groups in total. The zero-order chi connectivity index (χ0) is 13.1. The Morgan fingerprint density at radius 2 is 2.18 bits per heavy atom. The lowest BCUT2D eigenvalue weighted by Crippen LogP contribution is -2.32. The van der Waals surface area contributed by atoms with Gasteiger partial charge in [-0.25, -0.2) is 4.79 Å². The average molecular weight is 258 g/mol. The fourth-order valence-electron chi connectivity index (χ4n) is 1.19. The number of hydrogen-bond acceptors (Lipinski definition) is 3. The molecule has 0 saturated carbocycles. The van der Waals surface area contributed by atoms with Gasteiger partial charge in [-0.05, 0) is 32.0 Å². The lowest BCUT2D eigenvalue weighted by molar-refractivity contribution is 0.0343. The number of benzene rings is 1. The fourth-order valence-corrected chi connectivity index (χ4v) is 1.45. The number of methoxy groups -OCH3 is 1. The lowest BCUT2D eigenvalue weighted by Gasteiger charge is -2.23. The van der Waals surface area contributed by atoms with Crippen molar-refractivity contribution < 1.29 is 14.6 Å². The van der Waals surface area contributed by atoms with E-state index < -0.39 is 5.97 Å². The normalized spacial score (nSPS) is 11.3. The van der Waals surface area contributed by atoms with E-state index in [4.69, 9.17) is 21.4 Å². The van der Waals surface area contributed by atoms with Crippen molar-refractivity contribution in [1.82, 2.24) is 0 Å². The van der Waals surface area contributed by atoms with Crippen LogP contribution in [0.15, 0.2) is 18.2 Å². The van der Waals surface area contributed by atoms with E-state index in [0.29, 0.717) is 6.54 Å². The van der Waals surface area contributed by atoms with Crippen LogP contribution in [-0.2, 0) is 4.74 Å². The molecule has 0 fully saturated rings. The number of rotatable bonds is 5. The second kappa shape index (κ2) is 5.38. The third-order valence-electron chi connectivity index (χ3n) is 2.47. The van der Waals surface area contributed by atoms with E-state index >= 15 is 0 Å². The minimum Gasteiger partial charge on any atom is -0.478 e. The summed E-state index contributed by atoms with van der Waals surface area (Å²) in [5.74, 6) is -1.03. The van der Waals surface area contributed by atoms with Crippen LogP contribution in [0.1, 0.15) is 24.2 Å². The van der Waals surface area contributed by atoms with Crippen LogP contribution in [-0.4, -0.2) is 30.3 Å². The van der Waals surface area contributed by atoms with Crippen LogP contribution in [0.2, 0.25) is 5.02 Å². The Morgan fingerprint density at radius 3 is 2.65 bits per heavy atom. The van der Waals surface area contributed by atoms with E-state index in [-0.39, 0.29) is 16.2 Å². The van der Waals surface area contributed by atoms with Crippen molar-refractivity contribution in [3.63, 3.8) is 0 Å². The Hall–Kier alpha value is -1.26. The van der Waals surface area contributed by atoms with Crippen LogP contribution in [0.3, 0.4) is 0 Å². The molecule has 1 aromatic carbocycles. The smallest absolute Gasteiger partial charge is 0.337 e. The number of carboxylic acid groups (broad SMARTS) is 1. The molecule has 4 nitrogen and oxygen atoms in total. The first-order chi connectivity index (χ1) is 7.85. The van der Waals surface area contributed by atoms with Gasteiger partial charge in [0.1, 0.15) is 0 Å². The predicted molar refractivity (Wildman–Crippen MR) is 68.0 cm³/mol. The second-order valence-electron chi connectivity index (χ2n) is 4.32. The molecule has 1 rings (SSSR count). The number of halogens is 1. The van der Waals surface area contributed by atoms with Gasteiger partial charge >= 0.3 is 5.97 Å². The molecule has 0 spiro atoms. The highest BCUT2D eigenvalue weighted by Crippen LogP contribution is 2.21. The first-order valence-electron chi connectivity index (χ1n) is 5.17. The topological polar surface area (TPSA) is 58.6 Å². The summed E-state index contributed by atoms with van der Waals surface area (Å²) in [6.45, 7) is 4.51. The van der Waals surface area contributed by atoms with E-state index in [1.165, 1.54) is 6.07 Å². The minimum absolute atomic E-state index is 0.100. The molecule has 0 aliphatic rings. The summed E-state index contributed by atoms with van der Waals surface area (Å²) < 4.78 is 5.26. The number of nitrogens with one attached hydrogen (secondary N) is 1. The highest BCUT2D eigenvalue weighted by atomic mass is 35.5. The molecule has 0 aromatic heterocycles. The van der Waals surface area contributed by atoms with Gasteiger partial charge in [0, 0.05) is 19.3 Å². The monoisotopic (exact) mass is 257 g/mol. The molecule has 0 aliphatic carbocycles. The minimum atomic E-state index is -1.03. The third-order valence-corrected chi connectivity index (χ3v) is 2.78. The number of hydrogen-bond donors (Lipinski definition) is 2. The van der Waals surface area contributed by atoms with Crippen LogP contribution >= 0.6 is 11.6 Å². The molecule has 0 saturated heterocycles. The first kappa shape index (κ1) is 13.8. The summed E-state index contributed by atoms with van der Waals surface area (Å²) in [5.41, 5.74) is 0.575. The van der Waals surface area contributed by atoms with Gasteiger partial charge in [0.15, 0.2) is 0 Å². The van der Waals surface area contributed by atoms with Gasteiger partial charge in [0.2, 0.25) is 0 Å². The highest BCUT2D eigenvalue weighted by Gasteiger charge is 2.16. The number of aromatic carboxylic acids is 1. The van der Waals surface area contributed by atoms with Crippen LogP contribution in [0.5, 0.6) is 0 Å². The summed E-state index contributed by atoms with van der Waals surface area (Å²) in [7, 11) is 1.64. The zero-order valence-electron chi connectivity index (χ0n) is 10.1. The average Bonchev–Trinajstić information content (AvgIpc) is 2.26.